The number of para-hydroxylation sites is 2. The van der Waals surface area contributed by atoms with Crippen LogP contribution in [0.2, 0.25) is 5.15 Å². The molecule has 0 bridgehead atoms. The standard InChI is InChI=1S/C16H14ClN3/c1-10-7-8-12(11(2)9-10)19-16-15(17)18-13-5-3-4-6-14(13)20-16/h3-9H,1-2H3,(H,19,20). The van der Waals surface area contributed by atoms with Gasteiger partial charge in [0.25, 0.3) is 0 Å². The molecule has 0 spiro atoms. The summed E-state index contributed by atoms with van der Waals surface area (Å²) < 4.78 is 0. The first-order valence-corrected chi connectivity index (χ1v) is 6.78. The first-order valence-electron chi connectivity index (χ1n) is 6.40. The van der Waals surface area contributed by atoms with E-state index in [4.69, 9.17) is 11.6 Å². The molecule has 1 heterocycles. The minimum absolute atomic E-state index is 0.378. The topological polar surface area (TPSA) is 37.8 Å². The second kappa shape index (κ2) is 5.10. The average Bonchev–Trinajstić information content (AvgIpc) is 2.42. The van der Waals surface area contributed by atoms with Crippen molar-refractivity contribution in [3.63, 3.8) is 0 Å². The maximum atomic E-state index is 6.20. The van der Waals surface area contributed by atoms with Gasteiger partial charge in [-0.15, -0.1) is 0 Å². The van der Waals surface area contributed by atoms with Crippen LogP contribution in [0.15, 0.2) is 42.5 Å². The molecule has 20 heavy (non-hydrogen) atoms. The largest absolute Gasteiger partial charge is 0.337 e. The van der Waals surface area contributed by atoms with E-state index in [-0.39, 0.29) is 0 Å². The van der Waals surface area contributed by atoms with Crippen LogP contribution in [-0.2, 0) is 0 Å². The van der Waals surface area contributed by atoms with Gasteiger partial charge in [-0.25, -0.2) is 9.97 Å². The van der Waals surface area contributed by atoms with Crippen molar-refractivity contribution >= 4 is 34.1 Å². The van der Waals surface area contributed by atoms with Gasteiger partial charge in [0.2, 0.25) is 0 Å². The molecule has 4 heteroatoms. The number of benzene rings is 2. The maximum Gasteiger partial charge on any atom is 0.172 e. The third kappa shape index (κ3) is 2.45. The highest BCUT2D eigenvalue weighted by atomic mass is 35.5. The minimum Gasteiger partial charge on any atom is -0.337 e. The molecule has 2 aromatic carbocycles. The molecule has 1 N–H and O–H groups in total. The first-order chi connectivity index (χ1) is 9.63. The monoisotopic (exact) mass is 283 g/mol. The third-order valence-electron chi connectivity index (χ3n) is 3.16. The van der Waals surface area contributed by atoms with Gasteiger partial charge in [-0.05, 0) is 37.6 Å². The molecule has 0 unspecified atom stereocenters. The van der Waals surface area contributed by atoms with Gasteiger partial charge in [0.1, 0.15) is 0 Å². The number of rotatable bonds is 2. The Hall–Kier alpha value is -2.13. The van der Waals surface area contributed by atoms with Crippen LogP contribution in [0.25, 0.3) is 11.0 Å². The van der Waals surface area contributed by atoms with Crippen molar-refractivity contribution in [3.05, 3.63) is 58.7 Å². The number of aryl methyl sites for hydroxylation is 2. The predicted molar refractivity (Wildman–Crippen MR) is 83.7 cm³/mol. The summed E-state index contributed by atoms with van der Waals surface area (Å²) in [7, 11) is 0. The Labute approximate surface area is 122 Å². The SMILES string of the molecule is Cc1ccc(Nc2nc3ccccc3nc2Cl)c(C)c1. The van der Waals surface area contributed by atoms with Gasteiger partial charge >= 0.3 is 0 Å². The quantitative estimate of drug-likeness (QED) is 0.744. The summed E-state index contributed by atoms with van der Waals surface area (Å²) in [5.41, 5.74) is 4.98. The van der Waals surface area contributed by atoms with Gasteiger partial charge in [-0.3, -0.25) is 0 Å². The fourth-order valence-corrected chi connectivity index (χ4v) is 2.32. The Balaban J connectivity index is 2.03. The number of anilines is 2. The summed E-state index contributed by atoms with van der Waals surface area (Å²) in [5, 5.41) is 3.63. The van der Waals surface area contributed by atoms with Crippen LogP contribution in [0.3, 0.4) is 0 Å². The van der Waals surface area contributed by atoms with Gasteiger partial charge in [0.05, 0.1) is 11.0 Å². The molecular formula is C16H14ClN3. The Morgan fingerprint density at radius 1 is 0.950 bits per heavy atom. The van der Waals surface area contributed by atoms with Crippen molar-refractivity contribution in [2.45, 2.75) is 13.8 Å². The molecule has 0 saturated carbocycles. The number of halogens is 1. The Bertz CT molecular complexity index is 784. The van der Waals surface area contributed by atoms with Crippen molar-refractivity contribution in [1.82, 2.24) is 9.97 Å². The lowest BCUT2D eigenvalue weighted by Crippen LogP contribution is -1.99. The van der Waals surface area contributed by atoms with Crippen molar-refractivity contribution in [2.24, 2.45) is 0 Å². The number of hydrogen-bond donors (Lipinski definition) is 1. The fraction of sp³-hybridized carbons (Fsp3) is 0.125. The van der Waals surface area contributed by atoms with Gasteiger partial charge < -0.3 is 5.32 Å². The Kier molecular flexibility index (Phi) is 3.28. The molecule has 0 radical (unpaired) electrons. The van der Waals surface area contributed by atoms with E-state index in [2.05, 4.69) is 41.3 Å². The third-order valence-corrected chi connectivity index (χ3v) is 3.43. The van der Waals surface area contributed by atoms with Crippen LogP contribution in [0, 0.1) is 13.8 Å². The fourth-order valence-electron chi connectivity index (χ4n) is 2.14. The average molecular weight is 284 g/mol. The zero-order valence-corrected chi connectivity index (χ0v) is 12.1. The lowest BCUT2D eigenvalue weighted by molar-refractivity contribution is 1.27. The lowest BCUT2D eigenvalue weighted by Gasteiger charge is -2.11. The summed E-state index contributed by atoms with van der Waals surface area (Å²) in [5.74, 6) is 0.581. The normalized spacial score (nSPS) is 10.8. The lowest BCUT2D eigenvalue weighted by atomic mass is 10.1. The van der Waals surface area contributed by atoms with E-state index in [0.717, 1.165) is 22.3 Å². The predicted octanol–water partition coefficient (Wildman–Crippen LogP) is 4.64. The van der Waals surface area contributed by atoms with Crippen LogP contribution < -0.4 is 5.32 Å². The summed E-state index contributed by atoms with van der Waals surface area (Å²) in [6.45, 7) is 4.12. The maximum absolute atomic E-state index is 6.20. The van der Waals surface area contributed by atoms with E-state index in [1.54, 1.807) is 0 Å². The molecule has 0 aliphatic carbocycles. The zero-order valence-electron chi connectivity index (χ0n) is 11.3. The van der Waals surface area contributed by atoms with Crippen LogP contribution in [0.5, 0.6) is 0 Å². The van der Waals surface area contributed by atoms with Gasteiger partial charge in [0, 0.05) is 5.69 Å². The van der Waals surface area contributed by atoms with Gasteiger partial charge in [0.15, 0.2) is 11.0 Å². The molecule has 1 aromatic heterocycles. The summed E-state index contributed by atoms with van der Waals surface area (Å²) >= 11 is 6.20. The van der Waals surface area contributed by atoms with E-state index < -0.39 is 0 Å². The van der Waals surface area contributed by atoms with Crippen LogP contribution in [-0.4, -0.2) is 9.97 Å². The van der Waals surface area contributed by atoms with Crippen molar-refractivity contribution < 1.29 is 0 Å². The number of fused-ring (bicyclic) bond motifs is 1. The Morgan fingerprint density at radius 3 is 2.35 bits per heavy atom. The molecule has 100 valence electrons. The molecule has 3 nitrogen and oxygen atoms in total. The van der Waals surface area contributed by atoms with Gasteiger partial charge in [-0.2, -0.15) is 0 Å². The highest BCUT2D eigenvalue weighted by Gasteiger charge is 2.08. The smallest absolute Gasteiger partial charge is 0.172 e. The van der Waals surface area contributed by atoms with E-state index in [1.807, 2.05) is 30.3 Å². The number of nitrogens with one attached hydrogen (secondary N) is 1. The molecule has 0 atom stereocenters. The van der Waals surface area contributed by atoms with E-state index in [1.165, 1.54) is 5.56 Å². The molecular weight excluding hydrogens is 270 g/mol. The number of nitrogens with zero attached hydrogens (tertiary/aromatic N) is 2. The van der Waals surface area contributed by atoms with E-state index >= 15 is 0 Å². The highest BCUT2D eigenvalue weighted by molar-refractivity contribution is 6.32. The molecule has 0 aliphatic heterocycles. The zero-order chi connectivity index (χ0) is 14.1. The molecule has 0 aliphatic rings. The molecule has 3 rings (SSSR count). The Morgan fingerprint density at radius 2 is 1.65 bits per heavy atom. The van der Waals surface area contributed by atoms with Crippen LogP contribution in [0.4, 0.5) is 11.5 Å². The second-order valence-electron chi connectivity index (χ2n) is 4.80. The van der Waals surface area contributed by atoms with Gasteiger partial charge in [-0.1, -0.05) is 41.4 Å². The van der Waals surface area contributed by atoms with Crippen LogP contribution >= 0.6 is 11.6 Å². The number of aromatic nitrogens is 2. The van der Waals surface area contributed by atoms with E-state index in [0.29, 0.717) is 11.0 Å². The van der Waals surface area contributed by atoms with Crippen molar-refractivity contribution in [3.8, 4) is 0 Å². The molecule has 3 aromatic rings. The summed E-state index contributed by atoms with van der Waals surface area (Å²) in [6.07, 6.45) is 0. The molecule has 0 fully saturated rings. The summed E-state index contributed by atoms with van der Waals surface area (Å²) in [4.78, 5) is 8.89. The molecule has 0 amide bonds. The molecule has 0 saturated heterocycles. The van der Waals surface area contributed by atoms with Crippen LogP contribution in [0.1, 0.15) is 11.1 Å². The highest BCUT2D eigenvalue weighted by Crippen LogP contribution is 2.26. The second-order valence-corrected chi connectivity index (χ2v) is 5.15. The minimum atomic E-state index is 0.378. The van der Waals surface area contributed by atoms with E-state index in [9.17, 15) is 0 Å². The number of hydrogen-bond acceptors (Lipinski definition) is 3. The van der Waals surface area contributed by atoms with Crippen molar-refractivity contribution in [2.75, 3.05) is 5.32 Å². The van der Waals surface area contributed by atoms with Crippen molar-refractivity contribution in [1.29, 1.82) is 0 Å². The first kappa shape index (κ1) is 12.9. The summed E-state index contributed by atoms with van der Waals surface area (Å²) in [6, 6.07) is 13.9.